The summed E-state index contributed by atoms with van der Waals surface area (Å²) in [6.45, 7) is 8.43. The van der Waals surface area contributed by atoms with Crippen molar-refractivity contribution in [1.29, 1.82) is 0 Å². The summed E-state index contributed by atoms with van der Waals surface area (Å²) in [6.07, 6.45) is 6.24. The van der Waals surface area contributed by atoms with Crippen LogP contribution in [-0.4, -0.2) is 60.5 Å². The van der Waals surface area contributed by atoms with E-state index in [1.165, 1.54) is 31.2 Å². The third kappa shape index (κ3) is 8.06. The molecule has 1 aromatic rings. The lowest BCUT2D eigenvalue weighted by Crippen LogP contribution is -2.53. The van der Waals surface area contributed by atoms with Crippen molar-refractivity contribution in [3.63, 3.8) is 0 Å². The van der Waals surface area contributed by atoms with Crippen LogP contribution in [-0.2, 0) is 4.79 Å². The molecule has 1 unspecified atom stereocenters. The zero-order chi connectivity index (χ0) is 18.5. The summed E-state index contributed by atoms with van der Waals surface area (Å²) in [7, 11) is 2.15. The standard InChI is InChI=1S/C22H35N3O.2ClH.H2O/c1-17(2)16-21(25-14-12-24(3)13-15-25)22(26)23-20-10-8-19(9-11-20)18-6-4-5-7-18;;;/h8-11,17-18,21H,4-7,12-16H2,1-3H3,(H,23,26);2*1H;1H2. The summed E-state index contributed by atoms with van der Waals surface area (Å²) in [5.74, 6) is 1.38. The van der Waals surface area contributed by atoms with E-state index in [2.05, 4.69) is 60.3 Å². The van der Waals surface area contributed by atoms with Gasteiger partial charge in [0.05, 0.1) is 6.04 Å². The Kier molecular flexibility index (Phi) is 13.1. The van der Waals surface area contributed by atoms with E-state index in [1.807, 2.05) is 0 Å². The number of nitrogens with one attached hydrogen (secondary N) is 1. The van der Waals surface area contributed by atoms with E-state index < -0.39 is 0 Å². The predicted octanol–water partition coefficient (Wildman–Crippen LogP) is 3.96. The highest BCUT2D eigenvalue weighted by Gasteiger charge is 2.29. The minimum Gasteiger partial charge on any atom is -0.412 e. The van der Waals surface area contributed by atoms with Crippen LogP contribution in [0.5, 0.6) is 0 Å². The SMILES string of the molecule is CC(C)CC(C(=O)Nc1ccc(C2CCCC2)cc1)N1CCN(C)CC1.Cl.Cl.O. The summed E-state index contributed by atoms with van der Waals surface area (Å²) < 4.78 is 0. The van der Waals surface area contributed by atoms with Crippen LogP contribution in [0.4, 0.5) is 5.69 Å². The molecule has 1 atom stereocenters. The molecule has 0 radical (unpaired) electrons. The van der Waals surface area contributed by atoms with Gasteiger partial charge in [-0.15, -0.1) is 24.8 Å². The molecule has 2 aliphatic rings. The number of carbonyl (C=O) groups is 1. The van der Waals surface area contributed by atoms with Crippen LogP contribution in [0.15, 0.2) is 24.3 Å². The Bertz CT molecular complexity index is 584. The van der Waals surface area contributed by atoms with Crippen LogP contribution < -0.4 is 5.32 Å². The van der Waals surface area contributed by atoms with Crippen molar-refractivity contribution in [2.24, 2.45) is 5.92 Å². The Morgan fingerprint density at radius 1 is 1.03 bits per heavy atom. The molecule has 1 aliphatic heterocycles. The molecule has 2 fully saturated rings. The maximum Gasteiger partial charge on any atom is 0.241 e. The van der Waals surface area contributed by atoms with Crippen LogP contribution in [0.3, 0.4) is 0 Å². The van der Waals surface area contributed by atoms with Crippen molar-refractivity contribution in [3.05, 3.63) is 29.8 Å². The molecule has 3 rings (SSSR count). The molecule has 0 bridgehead atoms. The third-order valence-electron chi connectivity index (χ3n) is 5.98. The number of piperazine rings is 1. The second-order valence-electron chi connectivity index (χ2n) is 8.58. The van der Waals surface area contributed by atoms with Crippen molar-refractivity contribution in [1.82, 2.24) is 9.80 Å². The number of benzene rings is 1. The van der Waals surface area contributed by atoms with Crippen LogP contribution in [0.25, 0.3) is 0 Å². The van der Waals surface area contributed by atoms with Gasteiger partial charge < -0.3 is 15.7 Å². The summed E-state index contributed by atoms with van der Waals surface area (Å²) in [6, 6.07) is 8.56. The summed E-state index contributed by atoms with van der Waals surface area (Å²) in [5, 5.41) is 3.18. The largest absolute Gasteiger partial charge is 0.412 e. The molecule has 1 heterocycles. The van der Waals surface area contributed by atoms with Crippen LogP contribution in [0, 0.1) is 5.92 Å². The number of hydrogen-bond acceptors (Lipinski definition) is 3. The Labute approximate surface area is 188 Å². The Balaban J connectivity index is 0.00000261. The highest BCUT2D eigenvalue weighted by atomic mass is 35.5. The minimum atomic E-state index is -0.0294. The second kappa shape index (κ2) is 13.5. The lowest BCUT2D eigenvalue weighted by Gasteiger charge is -2.37. The third-order valence-corrected chi connectivity index (χ3v) is 5.98. The monoisotopic (exact) mass is 447 g/mol. The quantitative estimate of drug-likeness (QED) is 0.716. The van der Waals surface area contributed by atoms with Crippen molar-refractivity contribution in [2.45, 2.75) is 57.9 Å². The molecule has 0 aromatic heterocycles. The number of hydrogen-bond donors (Lipinski definition) is 1. The fourth-order valence-corrected chi connectivity index (χ4v) is 4.33. The highest BCUT2D eigenvalue weighted by molar-refractivity contribution is 5.94. The number of amides is 1. The van der Waals surface area contributed by atoms with Crippen molar-refractivity contribution < 1.29 is 10.3 Å². The summed E-state index contributed by atoms with van der Waals surface area (Å²) >= 11 is 0. The molecule has 1 saturated heterocycles. The summed E-state index contributed by atoms with van der Waals surface area (Å²) in [5.41, 5.74) is 2.36. The number of anilines is 1. The van der Waals surface area contributed by atoms with Gasteiger partial charge in [-0.25, -0.2) is 0 Å². The van der Waals surface area contributed by atoms with Gasteiger partial charge in [-0.2, -0.15) is 0 Å². The van der Waals surface area contributed by atoms with E-state index in [0.717, 1.165) is 44.2 Å². The lowest BCUT2D eigenvalue weighted by molar-refractivity contribution is -0.122. The van der Waals surface area contributed by atoms with Crippen molar-refractivity contribution in [2.75, 3.05) is 38.5 Å². The number of carbonyl (C=O) groups excluding carboxylic acids is 1. The second-order valence-corrected chi connectivity index (χ2v) is 8.58. The molecule has 7 heteroatoms. The smallest absolute Gasteiger partial charge is 0.241 e. The van der Waals surface area contributed by atoms with Gasteiger partial charge >= 0.3 is 0 Å². The molecule has 168 valence electrons. The predicted molar refractivity (Wildman–Crippen MR) is 127 cm³/mol. The molecule has 1 saturated carbocycles. The zero-order valence-electron chi connectivity index (χ0n) is 18.0. The highest BCUT2D eigenvalue weighted by Crippen LogP contribution is 2.34. The number of rotatable bonds is 6. The minimum absolute atomic E-state index is 0. The average Bonchev–Trinajstić information content (AvgIpc) is 3.15. The molecule has 1 aliphatic carbocycles. The average molecular weight is 448 g/mol. The van der Waals surface area contributed by atoms with Crippen molar-refractivity contribution >= 4 is 36.4 Å². The van der Waals surface area contributed by atoms with E-state index in [-0.39, 0.29) is 42.2 Å². The van der Waals surface area contributed by atoms with Gasteiger partial charge in [0.15, 0.2) is 0 Å². The molecular weight excluding hydrogens is 409 g/mol. The van der Waals surface area contributed by atoms with Gasteiger partial charge in [0, 0.05) is 31.9 Å². The number of likely N-dealkylation sites (N-methyl/N-ethyl adjacent to an activating group) is 1. The normalized spacial score (nSPS) is 19.0. The molecule has 1 amide bonds. The molecule has 1 aromatic carbocycles. The molecule has 3 N–H and O–H groups in total. The fraction of sp³-hybridized carbons (Fsp3) is 0.682. The van der Waals surface area contributed by atoms with Crippen LogP contribution >= 0.6 is 24.8 Å². The van der Waals surface area contributed by atoms with E-state index in [0.29, 0.717) is 5.92 Å². The zero-order valence-corrected chi connectivity index (χ0v) is 19.7. The molecule has 29 heavy (non-hydrogen) atoms. The van der Waals surface area contributed by atoms with E-state index >= 15 is 0 Å². The Morgan fingerprint density at radius 2 is 1.59 bits per heavy atom. The first-order valence-electron chi connectivity index (χ1n) is 10.4. The van der Waals surface area contributed by atoms with Gasteiger partial charge in [0.1, 0.15) is 0 Å². The van der Waals surface area contributed by atoms with Crippen LogP contribution in [0.1, 0.15) is 57.4 Å². The Hall–Kier alpha value is -0.850. The maximum atomic E-state index is 13.0. The Morgan fingerprint density at radius 3 is 2.10 bits per heavy atom. The topological polar surface area (TPSA) is 67.1 Å². The first-order valence-corrected chi connectivity index (χ1v) is 10.4. The maximum absolute atomic E-state index is 13.0. The molecule has 5 nitrogen and oxygen atoms in total. The lowest BCUT2D eigenvalue weighted by atomic mass is 9.97. The van der Waals surface area contributed by atoms with E-state index in [4.69, 9.17) is 0 Å². The fourth-order valence-electron chi connectivity index (χ4n) is 4.33. The van der Waals surface area contributed by atoms with Gasteiger partial charge in [-0.1, -0.05) is 38.8 Å². The first-order chi connectivity index (χ1) is 12.5. The number of halogens is 2. The van der Waals surface area contributed by atoms with Gasteiger partial charge in [0.2, 0.25) is 5.91 Å². The number of nitrogens with zero attached hydrogens (tertiary/aromatic N) is 2. The van der Waals surface area contributed by atoms with E-state index in [9.17, 15) is 4.79 Å². The first kappa shape index (κ1) is 28.1. The summed E-state index contributed by atoms with van der Waals surface area (Å²) in [4.78, 5) is 17.7. The molecule has 0 spiro atoms. The van der Waals surface area contributed by atoms with Gasteiger partial charge in [-0.05, 0) is 55.8 Å². The molecular formula is C22H39Cl2N3O2. The van der Waals surface area contributed by atoms with Gasteiger partial charge in [-0.3, -0.25) is 9.69 Å². The van der Waals surface area contributed by atoms with Crippen molar-refractivity contribution in [3.8, 4) is 0 Å². The van der Waals surface area contributed by atoms with Crippen LogP contribution in [0.2, 0.25) is 0 Å². The van der Waals surface area contributed by atoms with E-state index in [1.54, 1.807) is 0 Å². The van der Waals surface area contributed by atoms with Gasteiger partial charge in [0.25, 0.3) is 0 Å².